The second-order valence-electron chi connectivity index (χ2n) is 6.88. The molecular formula is C22H27NO3. The van der Waals surface area contributed by atoms with E-state index in [-0.39, 0.29) is 5.97 Å². The molecule has 0 unspecified atom stereocenters. The van der Waals surface area contributed by atoms with Gasteiger partial charge < -0.3 is 9.47 Å². The number of esters is 1. The maximum absolute atomic E-state index is 12.1. The van der Waals surface area contributed by atoms with Crippen molar-refractivity contribution in [2.24, 2.45) is 5.92 Å². The van der Waals surface area contributed by atoms with E-state index in [1.807, 2.05) is 42.5 Å². The van der Waals surface area contributed by atoms with Crippen molar-refractivity contribution >= 4 is 5.97 Å². The number of hydrogen-bond acceptors (Lipinski definition) is 4. The van der Waals surface area contributed by atoms with Gasteiger partial charge in [0.2, 0.25) is 0 Å². The van der Waals surface area contributed by atoms with E-state index < -0.39 is 0 Å². The molecule has 0 aliphatic carbocycles. The van der Waals surface area contributed by atoms with Gasteiger partial charge in [0, 0.05) is 0 Å². The van der Waals surface area contributed by atoms with Crippen LogP contribution in [-0.4, -0.2) is 37.6 Å². The molecule has 4 heteroatoms. The largest absolute Gasteiger partial charge is 0.496 e. The molecule has 0 bridgehead atoms. The Labute approximate surface area is 155 Å². The molecule has 0 aromatic heterocycles. The van der Waals surface area contributed by atoms with Crippen molar-refractivity contribution in [3.63, 3.8) is 0 Å². The number of carbonyl (C=O) groups is 1. The Bertz CT molecular complexity index is 694. The minimum Gasteiger partial charge on any atom is -0.496 e. The number of para-hydroxylation sites is 1. The van der Waals surface area contributed by atoms with Gasteiger partial charge in [0.25, 0.3) is 0 Å². The lowest BCUT2D eigenvalue weighted by Crippen LogP contribution is -2.38. The summed E-state index contributed by atoms with van der Waals surface area (Å²) >= 11 is 0. The quantitative estimate of drug-likeness (QED) is 0.712. The molecule has 0 spiro atoms. The summed E-state index contributed by atoms with van der Waals surface area (Å²) in [5, 5.41) is 0. The molecule has 4 nitrogen and oxygen atoms in total. The molecule has 2 aromatic rings. The zero-order chi connectivity index (χ0) is 18.2. The topological polar surface area (TPSA) is 38.8 Å². The Morgan fingerprint density at radius 2 is 1.73 bits per heavy atom. The van der Waals surface area contributed by atoms with Gasteiger partial charge in [-0.25, -0.2) is 0 Å². The zero-order valence-electron chi connectivity index (χ0n) is 15.4. The van der Waals surface area contributed by atoms with Crippen LogP contribution in [-0.2, 0) is 22.6 Å². The zero-order valence-corrected chi connectivity index (χ0v) is 15.4. The van der Waals surface area contributed by atoms with E-state index in [1.165, 1.54) is 5.56 Å². The molecule has 1 aliphatic rings. The first-order chi connectivity index (χ1) is 12.7. The molecule has 138 valence electrons. The predicted octanol–water partition coefficient (Wildman–Crippen LogP) is 3.69. The number of rotatable bonds is 7. The molecular weight excluding hydrogens is 326 g/mol. The molecule has 0 saturated carbocycles. The minimum absolute atomic E-state index is 0.142. The van der Waals surface area contributed by atoms with Gasteiger partial charge in [-0.1, -0.05) is 48.5 Å². The SMILES string of the molecule is COc1ccccc1CC1CCN(CC(=O)OCc2ccccc2)CC1. The molecule has 26 heavy (non-hydrogen) atoms. The van der Waals surface area contributed by atoms with E-state index in [1.54, 1.807) is 7.11 Å². The van der Waals surface area contributed by atoms with Gasteiger partial charge in [0.05, 0.1) is 13.7 Å². The lowest BCUT2D eigenvalue weighted by Gasteiger charge is -2.31. The minimum atomic E-state index is -0.142. The fourth-order valence-electron chi connectivity index (χ4n) is 3.50. The van der Waals surface area contributed by atoms with Crippen molar-refractivity contribution in [2.45, 2.75) is 25.9 Å². The lowest BCUT2D eigenvalue weighted by atomic mass is 9.90. The third-order valence-corrected chi connectivity index (χ3v) is 5.00. The van der Waals surface area contributed by atoms with E-state index in [2.05, 4.69) is 17.0 Å². The van der Waals surface area contributed by atoms with Gasteiger partial charge in [-0.2, -0.15) is 0 Å². The average Bonchev–Trinajstić information content (AvgIpc) is 2.69. The number of piperidine rings is 1. The molecule has 1 fully saturated rings. The number of ether oxygens (including phenoxy) is 2. The average molecular weight is 353 g/mol. The number of likely N-dealkylation sites (tertiary alicyclic amines) is 1. The van der Waals surface area contributed by atoms with Crippen molar-refractivity contribution in [3.05, 3.63) is 65.7 Å². The van der Waals surface area contributed by atoms with Crippen LogP contribution in [0.15, 0.2) is 54.6 Å². The van der Waals surface area contributed by atoms with Gasteiger partial charge in [0.1, 0.15) is 12.4 Å². The van der Waals surface area contributed by atoms with E-state index in [4.69, 9.17) is 9.47 Å². The number of methoxy groups -OCH3 is 1. The maximum Gasteiger partial charge on any atom is 0.320 e. The van der Waals surface area contributed by atoms with Crippen molar-refractivity contribution in [1.29, 1.82) is 0 Å². The highest BCUT2D eigenvalue weighted by atomic mass is 16.5. The van der Waals surface area contributed by atoms with Crippen molar-refractivity contribution in [2.75, 3.05) is 26.7 Å². The summed E-state index contributed by atoms with van der Waals surface area (Å²) in [6, 6.07) is 18.0. The Morgan fingerprint density at radius 1 is 1.04 bits per heavy atom. The fourth-order valence-corrected chi connectivity index (χ4v) is 3.50. The first-order valence-corrected chi connectivity index (χ1v) is 9.28. The third kappa shape index (κ3) is 5.33. The molecule has 0 atom stereocenters. The second kappa shape index (κ2) is 9.39. The summed E-state index contributed by atoms with van der Waals surface area (Å²) in [6.45, 7) is 2.62. The van der Waals surface area contributed by atoms with Gasteiger partial charge in [0.15, 0.2) is 0 Å². The number of hydrogen-bond donors (Lipinski definition) is 0. The molecule has 3 rings (SSSR count). The smallest absolute Gasteiger partial charge is 0.320 e. The third-order valence-electron chi connectivity index (χ3n) is 5.00. The van der Waals surface area contributed by atoms with Crippen LogP contribution in [0.4, 0.5) is 0 Å². The summed E-state index contributed by atoms with van der Waals surface area (Å²) < 4.78 is 10.8. The van der Waals surface area contributed by atoms with Crippen LogP contribution in [0.1, 0.15) is 24.0 Å². The lowest BCUT2D eigenvalue weighted by molar-refractivity contribution is -0.146. The summed E-state index contributed by atoms with van der Waals surface area (Å²) in [5.74, 6) is 1.47. The molecule has 1 heterocycles. The summed E-state index contributed by atoms with van der Waals surface area (Å²) in [7, 11) is 1.72. The summed E-state index contributed by atoms with van der Waals surface area (Å²) in [6.07, 6.45) is 3.24. The highest BCUT2D eigenvalue weighted by Gasteiger charge is 2.22. The van der Waals surface area contributed by atoms with Gasteiger partial charge >= 0.3 is 5.97 Å². The number of benzene rings is 2. The molecule has 0 radical (unpaired) electrons. The molecule has 1 aliphatic heterocycles. The highest BCUT2D eigenvalue weighted by Crippen LogP contribution is 2.26. The Balaban J connectivity index is 1.40. The van der Waals surface area contributed by atoms with Crippen LogP contribution in [0.5, 0.6) is 5.75 Å². The van der Waals surface area contributed by atoms with Crippen LogP contribution in [0.2, 0.25) is 0 Å². The maximum atomic E-state index is 12.1. The Kier molecular flexibility index (Phi) is 6.67. The van der Waals surface area contributed by atoms with Crippen LogP contribution >= 0.6 is 0 Å². The van der Waals surface area contributed by atoms with Crippen LogP contribution in [0, 0.1) is 5.92 Å². The van der Waals surface area contributed by atoms with Gasteiger partial charge in [-0.3, -0.25) is 9.69 Å². The van der Waals surface area contributed by atoms with E-state index in [0.717, 1.165) is 43.7 Å². The van der Waals surface area contributed by atoms with Crippen LogP contribution in [0.3, 0.4) is 0 Å². The Morgan fingerprint density at radius 3 is 2.46 bits per heavy atom. The van der Waals surface area contributed by atoms with E-state index in [0.29, 0.717) is 19.1 Å². The first kappa shape index (κ1) is 18.5. The standard InChI is InChI=1S/C22H27NO3/c1-25-21-10-6-5-9-20(21)15-18-11-13-23(14-12-18)16-22(24)26-17-19-7-3-2-4-8-19/h2-10,18H,11-17H2,1H3. The van der Waals surface area contributed by atoms with Crippen LogP contribution < -0.4 is 4.74 Å². The predicted molar refractivity (Wildman–Crippen MR) is 102 cm³/mol. The number of nitrogens with zero attached hydrogens (tertiary/aromatic N) is 1. The number of carbonyl (C=O) groups excluding carboxylic acids is 1. The van der Waals surface area contributed by atoms with E-state index >= 15 is 0 Å². The second-order valence-corrected chi connectivity index (χ2v) is 6.88. The molecule has 1 saturated heterocycles. The summed E-state index contributed by atoms with van der Waals surface area (Å²) in [5.41, 5.74) is 2.30. The molecule has 0 N–H and O–H groups in total. The molecule has 0 amide bonds. The van der Waals surface area contributed by atoms with Gasteiger partial charge in [-0.05, 0) is 55.5 Å². The normalized spacial score (nSPS) is 15.6. The van der Waals surface area contributed by atoms with Crippen molar-refractivity contribution in [3.8, 4) is 5.75 Å². The highest BCUT2D eigenvalue weighted by molar-refractivity contribution is 5.71. The fraction of sp³-hybridized carbons (Fsp3) is 0.409. The Hall–Kier alpha value is -2.33. The van der Waals surface area contributed by atoms with Crippen molar-refractivity contribution in [1.82, 2.24) is 4.90 Å². The molecule has 2 aromatic carbocycles. The van der Waals surface area contributed by atoms with E-state index in [9.17, 15) is 4.79 Å². The van der Waals surface area contributed by atoms with Crippen LogP contribution in [0.25, 0.3) is 0 Å². The van der Waals surface area contributed by atoms with Crippen molar-refractivity contribution < 1.29 is 14.3 Å². The first-order valence-electron chi connectivity index (χ1n) is 9.28. The van der Waals surface area contributed by atoms with Gasteiger partial charge in [-0.15, -0.1) is 0 Å². The summed E-state index contributed by atoms with van der Waals surface area (Å²) in [4.78, 5) is 14.3. The monoisotopic (exact) mass is 353 g/mol.